The van der Waals surface area contributed by atoms with Gasteiger partial charge in [-0.2, -0.15) is 0 Å². The minimum atomic E-state index is -0.211. The summed E-state index contributed by atoms with van der Waals surface area (Å²) < 4.78 is 4.94. The van der Waals surface area contributed by atoms with E-state index in [1.165, 1.54) is 6.42 Å². The zero-order valence-corrected chi connectivity index (χ0v) is 8.16. The maximum atomic E-state index is 11.4. The van der Waals surface area contributed by atoms with Gasteiger partial charge in [0.1, 0.15) is 6.61 Å². The number of rotatable bonds is 2. The Morgan fingerprint density at radius 1 is 1.69 bits per heavy atom. The van der Waals surface area contributed by atoms with E-state index in [1.807, 2.05) is 0 Å². The molecule has 13 heavy (non-hydrogen) atoms. The first-order valence-corrected chi connectivity index (χ1v) is 4.86. The Hall–Kier alpha value is -0.770. The zero-order chi connectivity index (χ0) is 9.68. The van der Waals surface area contributed by atoms with Gasteiger partial charge in [-0.3, -0.25) is 0 Å². The van der Waals surface area contributed by atoms with Gasteiger partial charge in [0.05, 0.1) is 0 Å². The van der Waals surface area contributed by atoms with Crippen molar-refractivity contribution in [2.75, 3.05) is 26.2 Å². The highest BCUT2D eigenvalue weighted by Gasteiger charge is 2.21. The summed E-state index contributed by atoms with van der Waals surface area (Å²) in [5.74, 6) is 0.596. The molecule has 4 heteroatoms. The van der Waals surface area contributed by atoms with E-state index in [2.05, 4.69) is 6.92 Å². The van der Waals surface area contributed by atoms with Crippen LogP contribution in [0.4, 0.5) is 4.79 Å². The van der Waals surface area contributed by atoms with E-state index in [9.17, 15) is 4.79 Å². The molecule has 1 fully saturated rings. The predicted molar refractivity (Wildman–Crippen MR) is 50.4 cm³/mol. The van der Waals surface area contributed by atoms with Crippen molar-refractivity contribution in [3.63, 3.8) is 0 Å². The highest BCUT2D eigenvalue weighted by atomic mass is 16.6. The Morgan fingerprint density at radius 2 is 2.46 bits per heavy atom. The second kappa shape index (κ2) is 5.07. The van der Waals surface area contributed by atoms with E-state index in [0.29, 0.717) is 19.1 Å². The van der Waals surface area contributed by atoms with Crippen molar-refractivity contribution in [3.05, 3.63) is 0 Å². The van der Waals surface area contributed by atoms with Gasteiger partial charge in [0, 0.05) is 19.6 Å². The fourth-order valence-corrected chi connectivity index (χ4v) is 1.59. The molecule has 0 aromatic heterocycles. The number of nitrogens with two attached hydrogens (primary N) is 1. The molecule has 0 saturated carbocycles. The average Bonchev–Trinajstić information content (AvgIpc) is 2.14. The maximum Gasteiger partial charge on any atom is 0.409 e. The molecule has 0 spiro atoms. The number of carbonyl (C=O) groups excluding carboxylic acids is 1. The lowest BCUT2D eigenvalue weighted by Crippen LogP contribution is -2.39. The number of nitrogens with zero attached hydrogens (tertiary/aromatic N) is 1. The monoisotopic (exact) mass is 186 g/mol. The first-order chi connectivity index (χ1) is 6.24. The maximum absolute atomic E-state index is 11.4. The molecular weight excluding hydrogens is 168 g/mol. The van der Waals surface area contributed by atoms with Crippen molar-refractivity contribution in [3.8, 4) is 0 Å². The SMILES string of the molecule is CC1CCCN(C(=O)OCCN)C1. The lowest BCUT2D eigenvalue weighted by molar-refractivity contribution is 0.0887. The van der Waals surface area contributed by atoms with Gasteiger partial charge in [-0.05, 0) is 18.8 Å². The van der Waals surface area contributed by atoms with Crippen LogP contribution in [0.2, 0.25) is 0 Å². The summed E-state index contributed by atoms with van der Waals surface area (Å²) in [6, 6.07) is 0. The summed E-state index contributed by atoms with van der Waals surface area (Å²) in [5, 5.41) is 0. The van der Waals surface area contributed by atoms with Gasteiger partial charge in [0.15, 0.2) is 0 Å². The Morgan fingerprint density at radius 3 is 3.08 bits per heavy atom. The zero-order valence-electron chi connectivity index (χ0n) is 8.16. The lowest BCUT2D eigenvalue weighted by atomic mass is 10.0. The second-order valence-electron chi connectivity index (χ2n) is 3.60. The van der Waals surface area contributed by atoms with Crippen LogP contribution in [-0.4, -0.2) is 37.2 Å². The molecule has 0 aliphatic carbocycles. The van der Waals surface area contributed by atoms with Gasteiger partial charge in [0.2, 0.25) is 0 Å². The van der Waals surface area contributed by atoms with Crippen LogP contribution in [0.15, 0.2) is 0 Å². The van der Waals surface area contributed by atoms with Crippen molar-refractivity contribution in [2.45, 2.75) is 19.8 Å². The van der Waals surface area contributed by atoms with E-state index in [1.54, 1.807) is 4.90 Å². The molecule has 1 rings (SSSR count). The summed E-state index contributed by atoms with van der Waals surface area (Å²) in [7, 11) is 0. The minimum Gasteiger partial charge on any atom is -0.448 e. The number of ether oxygens (including phenoxy) is 1. The van der Waals surface area contributed by atoms with Crippen LogP contribution in [0.3, 0.4) is 0 Å². The van der Waals surface area contributed by atoms with Gasteiger partial charge in [0.25, 0.3) is 0 Å². The van der Waals surface area contributed by atoms with E-state index in [0.717, 1.165) is 19.5 Å². The Balaban J connectivity index is 2.28. The topological polar surface area (TPSA) is 55.6 Å². The van der Waals surface area contributed by atoms with E-state index in [4.69, 9.17) is 10.5 Å². The van der Waals surface area contributed by atoms with Crippen LogP contribution in [0.1, 0.15) is 19.8 Å². The van der Waals surface area contributed by atoms with Gasteiger partial charge in [-0.1, -0.05) is 6.92 Å². The van der Waals surface area contributed by atoms with Crippen molar-refractivity contribution in [1.29, 1.82) is 0 Å². The molecule has 4 nitrogen and oxygen atoms in total. The molecule has 0 aromatic rings. The number of hydrogen-bond acceptors (Lipinski definition) is 3. The largest absolute Gasteiger partial charge is 0.448 e. The Labute approximate surface area is 79.0 Å². The third-order valence-electron chi connectivity index (χ3n) is 2.26. The summed E-state index contributed by atoms with van der Waals surface area (Å²) >= 11 is 0. The van der Waals surface area contributed by atoms with Crippen molar-refractivity contribution < 1.29 is 9.53 Å². The molecule has 1 amide bonds. The van der Waals surface area contributed by atoms with Gasteiger partial charge >= 0.3 is 6.09 Å². The van der Waals surface area contributed by atoms with Crippen molar-refractivity contribution in [1.82, 2.24) is 4.90 Å². The summed E-state index contributed by atoms with van der Waals surface area (Å²) in [4.78, 5) is 13.1. The molecule has 1 aliphatic rings. The fourth-order valence-electron chi connectivity index (χ4n) is 1.59. The molecule has 0 aromatic carbocycles. The number of carbonyl (C=O) groups is 1. The standard InChI is InChI=1S/C9H18N2O2/c1-8-3-2-5-11(7-8)9(12)13-6-4-10/h8H,2-7,10H2,1H3. The highest BCUT2D eigenvalue weighted by molar-refractivity contribution is 5.67. The second-order valence-corrected chi connectivity index (χ2v) is 3.60. The molecule has 1 unspecified atom stereocenters. The number of amides is 1. The van der Waals surface area contributed by atoms with Crippen LogP contribution in [0, 0.1) is 5.92 Å². The molecule has 1 aliphatic heterocycles. The van der Waals surface area contributed by atoms with Crippen LogP contribution < -0.4 is 5.73 Å². The summed E-state index contributed by atoms with van der Waals surface area (Å²) in [5.41, 5.74) is 5.24. The van der Waals surface area contributed by atoms with Gasteiger partial charge in [-0.15, -0.1) is 0 Å². The summed E-state index contributed by atoms with van der Waals surface area (Å²) in [6.07, 6.45) is 2.08. The highest BCUT2D eigenvalue weighted by Crippen LogP contribution is 2.15. The third kappa shape index (κ3) is 3.22. The molecule has 1 atom stereocenters. The first kappa shape index (κ1) is 10.3. The molecule has 0 radical (unpaired) electrons. The number of likely N-dealkylation sites (tertiary alicyclic amines) is 1. The van der Waals surface area contributed by atoms with Crippen LogP contribution >= 0.6 is 0 Å². The fraction of sp³-hybridized carbons (Fsp3) is 0.889. The van der Waals surface area contributed by atoms with Gasteiger partial charge < -0.3 is 15.4 Å². The molecule has 0 bridgehead atoms. The predicted octanol–water partition coefficient (Wildman–Crippen LogP) is 0.814. The molecule has 1 heterocycles. The minimum absolute atomic E-state index is 0.211. The Kier molecular flexibility index (Phi) is 4.02. The van der Waals surface area contributed by atoms with Crippen molar-refractivity contribution in [2.24, 2.45) is 11.7 Å². The van der Waals surface area contributed by atoms with Gasteiger partial charge in [-0.25, -0.2) is 4.79 Å². The van der Waals surface area contributed by atoms with Crippen molar-refractivity contribution >= 4 is 6.09 Å². The van der Waals surface area contributed by atoms with Crippen LogP contribution in [-0.2, 0) is 4.74 Å². The van der Waals surface area contributed by atoms with E-state index in [-0.39, 0.29) is 6.09 Å². The normalized spacial score (nSPS) is 22.9. The molecule has 2 N–H and O–H groups in total. The molecular formula is C9H18N2O2. The van der Waals surface area contributed by atoms with Crippen LogP contribution in [0.5, 0.6) is 0 Å². The third-order valence-corrected chi connectivity index (χ3v) is 2.26. The average molecular weight is 186 g/mol. The summed E-state index contributed by atoms with van der Waals surface area (Å²) in [6.45, 7) is 4.53. The van der Waals surface area contributed by atoms with Crippen LogP contribution in [0.25, 0.3) is 0 Å². The molecule has 76 valence electrons. The smallest absolute Gasteiger partial charge is 0.409 e. The van der Waals surface area contributed by atoms with E-state index < -0.39 is 0 Å². The lowest BCUT2D eigenvalue weighted by Gasteiger charge is -2.29. The molecule has 1 saturated heterocycles. The Bertz CT molecular complexity index is 173. The number of hydrogen-bond donors (Lipinski definition) is 1. The van der Waals surface area contributed by atoms with E-state index >= 15 is 0 Å². The first-order valence-electron chi connectivity index (χ1n) is 4.86. The number of piperidine rings is 1. The quantitative estimate of drug-likeness (QED) is 0.694.